The first-order valence-electron chi connectivity index (χ1n) is 6.33. The second-order valence-corrected chi connectivity index (χ2v) is 4.68. The van der Waals surface area contributed by atoms with E-state index in [4.69, 9.17) is 0 Å². The van der Waals surface area contributed by atoms with E-state index in [-0.39, 0.29) is 6.04 Å². The topological polar surface area (TPSA) is 61.4 Å². The minimum absolute atomic E-state index is 0.00522. The molecule has 2 N–H and O–H groups in total. The summed E-state index contributed by atoms with van der Waals surface area (Å²) in [4.78, 5) is 25.2. The SMILES string of the molecule is CCC(C)NC(=O)C(=O)Nc1ccc(N(C)C)cc1. The van der Waals surface area contributed by atoms with Crippen LogP contribution in [-0.2, 0) is 9.59 Å². The first kappa shape index (κ1) is 15.0. The Morgan fingerprint density at radius 1 is 1.16 bits per heavy atom. The van der Waals surface area contributed by atoms with Crippen LogP contribution in [0.25, 0.3) is 0 Å². The summed E-state index contributed by atoms with van der Waals surface area (Å²) in [6.45, 7) is 3.81. The monoisotopic (exact) mass is 263 g/mol. The van der Waals surface area contributed by atoms with Crippen molar-refractivity contribution < 1.29 is 9.59 Å². The summed E-state index contributed by atoms with van der Waals surface area (Å²) >= 11 is 0. The van der Waals surface area contributed by atoms with Gasteiger partial charge in [-0.2, -0.15) is 0 Å². The van der Waals surface area contributed by atoms with Crippen LogP contribution in [0, 0.1) is 0 Å². The number of hydrogen-bond donors (Lipinski definition) is 2. The molecule has 2 amide bonds. The van der Waals surface area contributed by atoms with Gasteiger partial charge in [0.05, 0.1) is 0 Å². The van der Waals surface area contributed by atoms with Gasteiger partial charge in [-0.3, -0.25) is 9.59 Å². The summed E-state index contributed by atoms with van der Waals surface area (Å²) in [6.07, 6.45) is 0.788. The number of nitrogens with one attached hydrogen (secondary N) is 2. The lowest BCUT2D eigenvalue weighted by Gasteiger charge is -2.13. The van der Waals surface area contributed by atoms with Gasteiger partial charge in [0.2, 0.25) is 0 Å². The number of carbonyl (C=O) groups excluding carboxylic acids is 2. The Kier molecular flexibility index (Phi) is 5.36. The van der Waals surface area contributed by atoms with Crippen LogP contribution in [0.2, 0.25) is 0 Å². The minimum Gasteiger partial charge on any atom is -0.378 e. The van der Waals surface area contributed by atoms with Crippen LogP contribution < -0.4 is 15.5 Å². The Bertz CT molecular complexity index is 441. The zero-order valence-electron chi connectivity index (χ0n) is 11.9. The molecule has 1 unspecified atom stereocenters. The number of hydrogen-bond acceptors (Lipinski definition) is 3. The lowest BCUT2D eigenvalue weighted by atomic mass is 10.2. The molecule has 0 radical (unpaired) electrons. The summed E-state index contributed by atoms with van der Waals surface area (Å²) in [6, 6.07) is 7.28. The Morgan fingerprint density at radius 3 is 2.21 bits per heavy atom. The molecule has 5 nitrogen and oxygen atoms in total. The average molecular weight is 263 g/mol. The van der Waals surface area contributed by atoms with Crippen molar-refractivity contribution in [3.8, 4) is 0 Å². The van der Waals surface area contributed by atoms with Crippen molar-refractivity contribution in [1.82, 2.24) is 5.32 Å². The highest BCUT2D eigenvalue weighted by Gasteiger charge is 2.15. The Balaban J connectivity index is 2.59. The van der Waals surface area contributed by atoms with E-state index in [0.29, 0.717) is 5.69 Å². The predicted octanol–water partition coefficient (Wildman–Crippen LogP) is 1.61. The van der Waals surface area contributed by atoms with Crippen LogP contribution in [0.1, 0.15) is 20.3 Å². The van der Waals surface area contributed by atoms with Gasteiger partial charge in [0.25, 0.3) is 0 Å². The fourth-order valence-electron chi connectivity index (χ4n) is 1.42. The van der Waals surface area contributed by atoms with E-state index in [1.165, 1.54) is 0 Å². The van der Waals surface area contributed by atoms with Crippen molar-refractivity contribution in [3.63, 3.8) is 0 Å². The first-order valence-corrected chi connectivity index (χ1v) is 6.33. The molecule has 0 aliphatic heterocycles. The van der Waals surface area contributed by atoms with E-state index in [1.54, 1.807) is 12.1 Å². The van der Waals surface area contributed by atoms with Gasteiger partial charge in [0, 0.05) is 31.5 Å². The molecule has 0 saturated heterocycles. The summed E-state index contributed by atoms with van der Waals surface area (Å²) in [5, 5.41) is 5.19. The maximum Gasteiger partial charge on any atom is 0.313 e. The van der Waals surface area contributed by atoms with Gasteiger partial charge in [-0.1, -0.05) is 6.92 Å². The van der Waals surface area contributed by atoms with E-state index >= 15 is 0 Å². The second kappa shape index (κ2) is 6.78. The molecule has 104 valence electrons. The van der Waals surface area contributed by atoms with E-state index in [1.807, 2.05) is 45.0 Å². The highest BCUT2D eigenvalue weighted by Crippen LogP contribution is 2.15. The lowest BCUT2D eigenvalue weighted by molar-refractivity contribution is -0.136. The van der Waals surface area contributed by atoms with Crippen LogP contribution in [0.15, 0.2) is 24.3 Å². The van der Waals surface area contributed by atoms with Gasteiger partial charge in [0.15, 0.2) is 0 Å². The van der Waals surface area contributed by atoms with Gasteiger partial charge >= 0.3 is 11.8 Å². The third-order valence-electron chi connectivity index (χ3n) is 2.84. The van der Waals surface area contributed by atoms with E-state index in [0.717, 1.165) is 12.1 Å². The van der Waals surface area contributed by atoms with Crippen LogP contribution in [0.5, 0.6) is 0 Å². The number of rotatable bonds is 4. The van der Waals surface area contributed by atoms with Crippen molar-refractivity contribution in [2.24, 2.45) is 0 Å². The molecule has 1 atom stereocenters. The van der Waals surface area contributed by atoms with Crippen molar-refractivity contribution in [3.05, 3.63) is 24.3 Å². The molecule has 5 heteroatoms. The first-order chi connectivity index (χ1) is 8.93. The quantitative estimate of drug-likeness (QED) is 0.811. The van der Waals surface area contributed by atoms with E-state index in [9.17, 15) is 9.59 Å². The molecule has 0 bridgehead atoms. The number of anilines is 2. The van der Waals surface area contributed by atoms with Gasteiger partial charge in [0.1, 0.15) is 0 Å². The minimum atomic E-state index is -0.641. The largest absolute Gasteiger partial charge is 0.378 e. The molecule has 0 fully saturated rings. The maximum absolute atomic E-state index is 11.6. The number of nitrogens with zero attached hydrogens (tertiary/aromatic N) is 1. The van der Waals surface area contributed by atoms with Crippen LogP contribution >= 0.6 is 0 Å². The van der Waals surface area contributed by atoms with Crippen molar-refractivity contribution in [2.75, 3.05) is 24.3 Å². The smallest absolute Gasteiger partial charge is 0.313 e. The summed E-state index contributed by atoms with van der Waals surface area (Å²) in [7, 11) is 3.88. The number of carbonyl (C=O) groups is 2. The van der Waals surface area contributed by atoms with Crippen molar-refractivity contribution in [1.29, 1.82) is 0 Å². The molecular weight excluding hydrogens is 242 g/mol. The Hall–Kier alpha value is -2.04. The fourth-order valence-corrected chi connectivity index (χ4v) is 1.42. The molecule has 1 rings (SSSR count). The van der Waals surface area contributed by atoms with Gasteiger partial charge in [-0.15, -0.1) is 0 Å². The molecule has 0 spiro atoms. The fraction of sp³-hybridized carbons (Fsp3) is 0.429. The third kappa shape index (κ3) is 4.62. The Morgan fingerprint density at radius 2 is 1.74 bits per heavy atom. The molecule has 0 saturated carbocycles. The van der Waals surface area contributed by atoms with Crippen LogP contribution in [-0.4, -0.2) is 32.0 Å². The molecule has 19 heavy (non-hydrogen) atoms. The van der Waals surface area contributed by atoms with Gasteiger partial charge in [-0.25, -0.2) is 0 Å². The molecular formula is C14H21N3O2. The number of amides is 2. The third-order valence-corrected chi connectivity index (χ3v) is 2.84. The summed E-state index contributed by atoms with van der Waals surface area (Å²) < 4.78 is 0. The standard InChI is InChI=1S/C14H21N3O2/c1-5-10(2)15-13(18)14(19)16-11-6-8-12(9-7-11)17(3)4/h6-10H,5H2,1-4H3,(H,15,18)(H,16,19). The second-order valence-electron chi connectivity index (χ2n) is 4.68. The molecule has 0 aliphatic carbocycles. The zero-order chi connectivity index (χ0) is 14.4. The molecule has 0 heterocycles. The zero-order valence-corrected chi connectivity index (χ0v) is 11.9. The predicted molar refractivity (Wildman–Crippen MR) is 77.3 cm³/mol. The highest BCUT2D eigenvalue weighted by atomic mass is 16.2. The Labute approximate surface area is 114 Å². The van der Waals surface area contributed by atoms with Crippen molar-refractivity contribution in [2.45, 2.75) is 26.3 Å². The van der Waals surface area contributed by atoms with Gasteiger partial charge in [-0.05, 0) is 37.6 Å². The van der Waals surface area contributed by atoms with Crippen molar-refractivity contribution >= 4 is 23.2 Å². The molecule has 1 aromatic rings. The summed E-state index contributed by atoms with van der Waals surface area (Å²) in [5.74, 6) is -1.25. The van der Waals surface area contributed by atoms with E-state index in [2.05, 4.69) is 10.6 Å². The molecule has 0 aliphatic rings. The highest BCUT2D eigenvalue weighted by molar-refractivity contribution is 6.39. The summed E-state index contributed by atoms with van der Waals surface area (Å²) in [5.41, 5.74) is 1.64. The van der Waals surface area contributed by atoms with Gasteiger partial charge < -0.3 is 15.5 Å². The normalized spacial score (nSPS) is 11.6. The lowest BCUT2D eigenvalue weighted by Crippen LogP contribution is -2.40. The van der Waals surface area contributed by atoms with Crippen LogP contribution in [0.3, 0.4) is 0 Å². The number of benzene rings is 1. The maximum atomic E-state index is 11.6. The molecule has 1 aromatic carbocycles. The van der Waals surface area contributed by atoms with E-state index < -0.39 is 11.8 Å². The molecule has 0 aromatic heterocycles. The van der Waals surface area contributed by atoms with Crippen LogP contribution in [0.4, 0.5) is 11.4 Å². The average Bonchev–Trinajstić information content (AvgIpc) is 2.38.